The Kier molecular flexibility index (Phi) is 5.69. The van der Waals surface area contributed by atoms with E-state index in [0.717, 1.165) is 16.8 Å². The standard InChI is InChI=1S/C31H25NO2/c1-23-17-20-27(21-18-23)32-28(22-19-24-11-5-2-6-12-24)31(30(32)34,26-15-9-4-10-16-26)29(33)25-13-7-3-8-14-25/h2-22,28H,1H3/b22-19+. The summed E-state index contributed by atoms with van der Waals surface area (Å²) < 4.78 is 0. The van der Waals surface area contributed by atoms with E-state index in [0.29, 0.717) is 11.1 Å². The van der Waals surface area contributed by atoms with Crippen LogP contribution in [0.2, 0.25) is 0 Å². The molecule has 3 nitrogen and oxygen atoms in total. The predicted molar refractivity (Wildman–Crippen MR) is 137 cm³/mol. The molecule has 166 valence electrons. The number of nitrogens with zero attached hydrogens (tertiary/aromatic N) is 1. The van der Waals surface area contributed by atoms with E-state index >= 15 is 0 Å². The zero-order chi connectivity index (χ0) is 23.5. The van der Waals surface area contributed by atoms with Gasteiger partial charge in [-0.05, 0) is 30.2 Å². The second kappa shape index (κ2) is 8.95. The Balaban J connectivity index is 1.69. The molecule has 1 saturated heterocycles. The van der Waals surface area contributed by atoms with Crippen LogP contribution in [0.4, 0.5) is 5.69 Å². The summed E-state index contributed by atoms with van der Waals surface area (Å²) in [4.78, 5) is 30.0. The van der Waals surface area contributed by atoms with Crippen molar-refractivity contribution < 1.29 is 9.59 Å². The van der Waals surface area contributed by atoms with Gasteiger partial charge in [0.25, 0.3) is 0 Å². The highest BCUT2D eigenvalue weighted by atomic mass is 16.2. The van der Waals surface area contributed by atoms with Crippen molar-refractivity contribution in [1.29, 1.82) is 0 Å². The molecule has 0 spiro atoms. The van der Waals surface area contributed by atoms with Crippen LogP contribution in [0.25, 0.3) is 6.08 Å². The lowest BCUT2D eigenvalue weighted by molar-refractivity contribution is -0.129. The maximum atomic E-state index is 14.1. The second-order valence-corrected chi connectivity index (χ2v) is 8.59. The molecule has 1 aliphatic rings. The van der Waals surface area contributed by atoms with Crippen molar-refractivity contribution >= 4 is 23.5 Å². The summed E-state index contributed by atoms with van der Waals surface area (Å²) >= 11 is 0. The minimum Gasteiger partial charge on any atom is -0.302 e. The number of carbonyl (C=O) groups is 2. The van der Waals surface area contributed by atoms with Gasteiger partial charge in [0.15, 0.2) is 11.2 Å². The van der Waals surface area contributed by atoms with Gasteiger partial charge in [0.05, 0.1) is 6.04 Å². The highest BCUT2D eigenvalue weighted by Crippen LogP contribution is 2.48. The van der Waals surface area contributed by atoms with Crippen LogP contribution >= 0.6 is 0 Å². The Morgan fingerprint density at radius 1 is 0.765 bits per heavy atom. The summed E-state index contributed by atoms with van der Waals surface area (Å²) in [5.41, 5.74) is 2.81. The normalized spacial score (nSPS) is 19.7. The molecule has 4 aromatic carbocycles. The van der Waals surface area contributed by atoms with Crippen LogP contribution in [0.5, 0.6) is 0 Å². The van der Waals surface area contributed by atoms with Crippen molar-refractivity contribution in [3.05, 3.63) is 144 Å². The van der Waals surface area contributed by atoms with Gasteiger partial charge in [-0.25, -0.2) is 0 Å². The van der Waals surface area contributed by atoms with E-state index in [4.69, 9.17) is 0 Å². The second-order valence-electron chi connectivity index (χ2n) is 8.59. The average molecular weight is 444 g/mol. The molecule has 5 rings (SSSR count). The largest absolute Gasteiger partial charge is 0.302 e. The van der Waals surface area contributed by atoms with E-state index in [1.165, 1.54) is 0 Å². The number of amides is 1. The SMILES string of the molecule is Cc1ccc(N2C(=O)C(C(=O)c3ccccc3)(c3ccccc3)C2/C=C/c2ccccc2)cc1. The lowest BCUT2D eigenvalue weighted by Crippen LogP contribution is -2.74. The molecule has 0 saturated carbocycles. The fourth-order valence-corrected chi connectivity index (χ4v) is 4.73. The van der Waals surface area contributed by atoms with E-state index < -0.39 is 11.5 Å². The molecule has 0 bridgehead atoms. The fourth-order valence-electron chi connectivity index (χ4n) is 4.73. The van der Waals surface area contributed by atoms with Gasteiger partial charge in [0, 0.05) is 11.3 Å². The lowest BCUT2D eigenvalue weighted by atomic mass is 9.61. The van der Waals surface area contributed by atoms with Gasteiger partial charge in [-0.1, -0.05) is 121 Å². The first kappa shape index (κ1) is 21.6. The van der Waals surface area contributed by atoms with Crippen LogP contribution in [-0.4, -0.2) is 17.7 Å². The third-order valence-corrected chi connectivity index (χ3v) is 6.48. The lowest BCUT2D eigenvalue weighted by Gasteiger charge is -2.54. The number of carbonyl (C=O) groups excluding carboxylic acids is 2. The zero-order valence-corrected chi connectivity index (χ0v) is 19.0. The molecule has 0 N–H and O–H groups in total. The number of hydrogen-bond acceptors (Lipinski definition) is 2. The molecule has 1 amide bonds. The van der Waals surface area contributed by atoms with Crippen LogP contribution in [0.15, 0.2) is 121 Å². The third kappa shape index (κ3) is 3.56. The first-order valence-corrected chi connectivity index (χ1v) is 11.4. The van der Waals surface area contributed by atoms with Crippen molar-refractivity contribution in [3.8, 4) is 0 Å². The highest BCUT2D eigenvalue weighted by molar-refractivity contribution is 6.29. The third-order valence-electron chi connectivity index (χ3n) is 6.48. The maximum absolute atomic E-state index is 14.1. The maximum Gasteiger partial charge on any atom is 0.248 e. The number of anilines is 1. The van der Waals surface area contributed by atoms with Crippen LogP contribution in [0, 0.1) is 6.92 Å². The van der Waals surface area contributed by atoms with Gasteiger partial charge in [-0.3, -0.25) is 9.59 Å². The zero-order valence-electron chi connectivity index (χ0n) is 19.0. The van der Waals surface area contributed by atoms with Gasteiger partial charge in [-0.2, -0.15) is 0 Å². The smallest absolute Gasteiger partial charge is 0.248 e. The summed E-state index contributed by atoms with van der Waals surface area (Å²) in [5.74, 6) is -0.394. The van der Waals surface area contributed by atoms with E-state index in [9.17, 15) is 9.59 Å². The Morgan fingerprint density at radius 3 is 1.94 bits per heavy atom. The topological polar surface area (TPSA) is 37.4 Å². The number of benzene rings is 4. The number of hydrogen-bond donors (Lipinski definition) is 0. The number of aryl methyl sites for hydroxylation is 1. The van der Waals surface area contributed by atoms with Crippen molar-refractivity contribution in [2.45, 2.75) is 18.4 Å². The molecule has 1 fully saturated rings. The summed E-state index contributed by atoms with van der Waals surface area (Å²) in [6.45, 7) is 2.02. The molecule has 1 heterocycles. The van der Waals surface area contributed by atoms with E-state index in [1.54, 1.807) is 17.0 Å². The molecule has 1 aliphatic heterocycles. The minimum absolute atomic E-state index is 0.185. The van der Waals surface area contributed by atoms with Crippen molar-refractivity contribution in [2.75, 3.05) is 4.90 Å². The Bertz CT molecular complexity index is 1330. The fraction of sp³-hybridized carbons (Fsp3) is 0.0968. The Morgan fingerprint density at radius 2 is 1.32 bits per heavy atom. The van der Waals surface area contributed by atoms with Crippen molar-refractivity contribution in [3.63, 3.8) is 0 Å². The van der Waals surface area contributed by atoms with Gasteiger partial charge >= 0.3 is 0 Å². The van der Waals surface area contributed by atoms with Crippen LogP contribution < -0.4 is 4.90 Å². The van der Waals surface area contributed by atoms with Gasteiger partial charge < -0.3 is 4.90 Å². The molecular formula is C31H25NO2. The average Bonchev–Trinajstić information content (AvgIpc) is 2.89. The molecular weight excluding hydrogens is 418 g/mol. The molecule has 4 aromatic rings. The summed E-state index contributed by atoms with van der Waals surface area (Å²) in [6, 6.07) is 35.9. The number of ketones is 1. The number of Topliss-reactive ketones (excluding diaryl/α,β-unsaturated/α-hetero) is 1. The summed E-state index contributed by atoms with van der Waals surface area (Å²) in [7, 11) is 0. The first-order valence-electron chi connectivity index (χ1n) is 11.4. The minimum atomic E-state index is -1.33. The van der Waals surface area contributed by atoms with Gasteiger partial charge in [0.1, 0.15) is 0 Å². The molecule has 0 aromatic heterocycles. The van der Waals surface area contributed by atoms with Crippen LogP contribution in [-0.2, 0) is 10.2 Å². The number of rotatable bonds is 6. The van der Waals surface area contributed by atoms with Gasteiger partial charge in [-0.15, -0.1) is 0 Å². The molecule has 2 atom stereocenters. The van der Waals surface area contributed by atoms with Crippen molar-refractivity contribution in [1.82, 2.24) is 0 Å². The Labute approximate surface area is 200 Å². The quantitative estimate of drug-likeness (QED) is 0.201. The first-order chi connectivity index (χ1) is 16.6. The van der Waals surface area contributed by atoms with Gasteiger partial charge in [0.2, 0.25) is 5.91 Å². The monoisotopic (exact) mass is 443 g/mol. The summed E-state index contributed by atoms with van der Waals surface area (Å²) in [5, 5.41) is 0. The summed E-state index contributed by atoms with van der Waals surface area (Å²) in [6.07, 6.45) is 3.98. The molecule has 34 heavy (non-hydrogen) atoms. The predicted octanol–water partition coefficient (Wildman–Crippen LogP) is 6.24. The molecule has 2 unspecified atom stereocenters. The molecule has 3 heteroatoms. The highest BCUT2D eigenvalue weighted by Gasteiger charge is 2.65. The molecule has 0 radical (unpaired) electrons. The van der Waals surface area contributed by atoms with Crippen LogP contribution in [0.3, 0.4) is 0 Å². The van der Waals surface area contributed by atoms with Crippen molar-refractivity contribution in [2.24, 2.45) is 0 Å². The van der Waals surface area contributed by atoms with Crippen LogP contribution in [0.1, 0.15) is 27.0 Å². The molecule has 0 aliphatic carbocycles. The Hall–Kier alpha value is -4.24. The number of β-lactam (4-membered cyclic amide) rings is 1. The van der Waals surface area contributed by atoms with E-state index in [1.807, 2.05) is 122 Å². The van der Waals surface area contributed by atoms with E-state index in [2.05, 4.69) is 0 Å². The van der Waals surface area contributed by atoms with E-state index in [-0.39, 0.29) is 11.7 Å².